The van der Waals surface area contributed by atoms with Gasteiger partial charge >= 0.3 is 0 Å². The summed E-state index contributed by atoms with van der Waals surface area (Å²) in [4.78, 5) is 11.9. The highest BCUT2D eigenvalue weighted by Gasteiger charge is 2.11. The third-order valence-electron chi connectivity index (χ3n) is 3.63. The second kappa shape index (κ2) is 7.61. The van der Waals surface area contributed by atoms with Gasteiger partial charge in [-0.1, -0.05) is 48.5 Å². The number of nitrogens with zero attached hydrogens (tertiary/aromatic N) is 1. The number of aromatic nitrogens is 1. The second-order valence-corrected chi connectivity index (χ2v) is 5.39. The summed E-state index contributed by atoms with van der Waals surface area (Å²) in [5.74, 6) is -0.760. The molecule has 0 unspecified atom stereocenters. The Kier molecular flexibility index (Phi) is 5.09. The van der Waals surface area contributed by atoms with Crippen molar-refractivity contribution in [2.45, 2.75) is 13.3 Å². The van der Waals surface area contributed by atoms with Crippen molar-refractivity contribution in [2.75, 3.05) is 11.9 Å². The van der Waals surface area contributed by atoms with Crippen molar-refractivity contribution < 1.29 is 18.4 Å². The van der Waals surface area contributed by atoms with Crippen LogP contribution in [-0.2, 0) is 11.2 Å². The fourth-order valence-electron chi connectivity index (χ4n) is 2.26. The van der Waals surface area contributed by atoms with Crippen LogP contribution in [0, 0.1) is 5.82 Å². The van der Waals surface area contributed by atoms with Gasteiger partial charge in [0.15, 0.2) is 18.2 Å². The number of carbonyl (C=O) groups excluding carboxylic acids is 1. The van der Waals surface area contributed by atoms with Crippen LogP contribution in [0.3, 0.4) is 0 Å². The Balaban J connectivity index is 1.59. The molecule has 0 aliphatic heterocycles. The van der Waals surface area contributed by atoms with Gasteiger partial charge in [0.05, 0.1) is 0 Å². The van der Waals surface area contributed by atoms with Crippen molar-refractivity contribution in [1.29, 1.82) is 0 Å². The first-order valence-electron chi connectivity index (χ1n) is 7.89. The molecule has 1 heterocycles. The molecule has 0 aliphatic rings. The van der Waals surface area contributed by atoms with E-state index in [0.717, 1.165) is 12.0 Å². The average Bonchev–Trinajstić information content (AvgIpc) is 3.09. The smallest absolute Gasteiger partial charge is 0.264 e. The van der Waals surface area contributed by atoms with Gasteiger partial charge in [0.2, 0.25) is 5.88 Å². The number of aryl methyl sites for hydroxylation is 1. The van der Waals surface area contributed by atoms with E-state index in [4.69, 9.17) is 9.26 Å². The molecule has 0 fully saturated rings. The lowest BCUT2D eigenvalue weighted by Crippen LogP contribution is -2.20. The highest BCUT2D eigenvalue weighted by atomic mass is 19.1. The number of hydrogen-bond acceptors (Lipinski definition) is 4. The monoisotopic (exact) mass is 340 g/mol. The van der Waals surface area contributed by atoms with E-state index in [0.29, 0.717) is 5.69 Å². The minimum atomic E-state index is -0.521. The van der Waals surface area contributed by atoms with Crippen molar-refractivity contribution in [3.05, 3.63) is 66.0 Å². The number of para-hydroxylation sites is 1. The number of anilines is 1. The molecule has 1 N–H and O–H groups in total. The van der Waals surface area contributed by atoms with Gasteiger partial charge in [-0.3, -0.25) is 10.1 Å². The van der Waals surface area contributed by atoms with E-state index in [1.165, 1.54) is 17.7 Å². The number of halogens is 1. The molecule has 128 valence electrons. The third-order valence-corrected chi connectivity index (χ3v) is 3.63. The molecule has 0 aliphatic carbocycles. The zero-order chi connectivity index (χ0) is 17.6. The predicted molar refractivity (Wildman–Crippen MR) is 91.8 cm³/mol. The SMILES string of the molecule is CCc1ccc(-c2cc(NC(=O)COc3ccccc3F)on2)cc1. The number of rotatable bonds is 6. The summed E-state index contributed by atoms with van der Waals surface area (Å²) in [6, 6.07) is 15.5. The molecule has 0 atom stereocenters. The van der Waals surface area contributed by atoms with Crippen molar-refractivity contribution in [2.24, 2.45) is 0 Å². The fourth-order valence-corrected chi connectivity index (χ4v) is 2.26. The molecule has 5 nitrogen and oxygen atoms in total. The lowest BCUT2D eigenvalue weighted by Gasteiger charge is -2.05. The van der Waals surface area contributed by atoms with Gasteiger partial charge in [0.25, 0.3) is 5.91 Å². The highest BCUT2D eigenvalue weighted by Crippen LogP contribution is 2.22. The number of nitrogens with one attached hydrogen (secondary N) is 1. The summed E-state index contributed by atoms with van der Waals surface area (Å²) in [5.41, 5.74) is 2.74. The molecule has 0 saturated carbocycles. The first kappa shape index (κ1) is 16.7. The first-order valence-corrected chi connectivity index (χ1v) is 7.89. The van der Waals surface area contributed by atoms with Crippen LogP contribution in [-0.4, -0.2) is 17.7 Å². The number of ether oxygens (including phenoxy) is 1. The van der Waals surface area contributed by atoms with Crippen LogP contribution in [0.5, 0.6) is 5.75 Å². The molecular formula is C19H17FN2O3. The molecular weight excluding hydrogens is 323 g/mol. The van der Waals surface area contributed by atoms with E-state index in [-0.39, 0.29) is 18.2 Å². The Morgan fingerprint density at radius 2 is 1.96 bits per heavy atom. The van der Waals surface area contributed by atoms with Crippen LogP contribution < -0.4 is 10.1 Å². The molecule has 1 aromatic heterocycles. The van der Waals surface area contributed by atoms with Gasteiger partial charge in [0.1, 0.15) is 5.69 Å². The summed E-state index contributed by atoms with van der Waals surface area (Å²) in [6.07, 6.45) is 0.961. The van der Waals surface area contributed by atoms with Crippen molar-refractivity contribution >= 4 is 11.8 Å². The van der Waals surface area contributed by atoms with Crippen LogP contribution in [0.1, 0.15) is 12.5 Å². The molecule has 0 saturated heterocycles. The van der Waals surface area contributed by atoms with E-state index >= 15 is 0 Å². The van der Waals surface area contributed by atoms with Gasteiger partial charge in [-0.2, -0.15) is 0 Å². The van der Waals surface area contributed by atoms with Gasteiger partial charge in [-0.15, -0.1) is 0 Å². The maximum atomic E-state index is 13.4. The van der Waals surface area contributed by atoms with Gasteiger partial charge in [0, 0.05) is 11.6 Å². The molecule has 3 aromatic rings. The van der Waals surface area contributed by atoms with Crippen LogP contribution in [0.2, 0.25) is 0 Å². The van der Waals surface area contributed by atoms with Gasteiger partial charge in [-0.05, 0) is 24.1 Å². The Hall–Kier alpha value is -3.15. The zero-order valence-electron chi connectivity index (χ0n) is 13.7. The summed E-state index contributed by atoms with van der Waals surface area (Å²) < 4.78 is 23.7. The maximum absolute atomic E-state index is 13.4. The Bertz CT molecular complexity index is 859. The normalized spacial score (nSPS) is 10.5. The first-order chi connectivity index (χ1) is 12.2. The van der Waals surface area contributed by atoms with E-state index in [1.54, 1.807) is 18.2 Å². The Labute approximate surface area is 144 Å². The zero-order valence-corrected chi connectivity index (χ0v) is 13.7. The van der Waals surface area contributed by atoms with Gasteiger partial charge in [-0.25, -0.2) is 4.39 Å². The number of hydrogen-bond donors (Lipinski definition) is 1. The summed E-state index contributed by atoms with van der Waals surface area (Å²) in [7, 11) is 0. The maximum Gasteiger partial charge on any atom is 0.264 e. The van der Waals surface area contributed by atoms with Crippen LogP contribution >= 0.6 is 0 Å². The molecule has 1 amide bonds. The minimum Gasteiger partial charge on any atom is -0.481 e. The van der Waals surface area contributed by atoms with Crippen molar-refractivity contribution in [3.8, 4) is 17.0 Å². The molecule has 0 radical (unpaired) electrons. The summed E-state index contributed by atoms with van der Waals surface area (Å²) in [6.45, 7) is 1.75. The Morgan fingerprint density at radius 1 is 1.20 bits per heavy atom. The van der Waals surface area contributed by atoms with E-state index in [9.17, 15) is 9.18 Å². The highest BCUT2D eigenvalue weighted by molar-refractivity contribution is 5.91. The molecule has 2 aromatic carbocycles. The van der Waals surface area contributed by atoms with E-state index in [2.05, 4.69) is 17.4 Å². The van der Waals surface area contributed by atoms with Crippen LogP contribution in [0.4, 0.5) is 10.3 Å². The minimum absolute atomic E-state index is 0.0203. The van der Waals surface area contributed by atoms with Crippen LogP contribution in [0.25, 0.3) is 11.3 Å². The lowest BCUT2D eigenvalue weighted by molar-refractivity contribution is -0.118. The summed E-state index contributed by atoms with van der Waals surface area (Å²) >= 11 is 0. The standard InChI is InChI=1S/C19H17FN2O3/c1-2-13-7-9-14(10-8-13)16-11-19(25-22-16)21-18(23)12-24-17-6-4-3-5-15(17)20/h3-11H,2,12H2,1H3,(H,21,23). The third kappa shape index (κ3) is 4.23. The number of amides is 1. The number of benzene rings is 2. The molecule has 0 bridgehead atoms. The lowest BCUT2D eigenvalue weighted by atomic mass is 10.1. The predicted octanol–water partition coefficient (Wildman–Crippen LogP) is 4.06. The number of carbonyl (C=O) groups is 1. The van der Waals surface area contributed by atoms with Crippen LogP contribution in [0.15, 0.2) is 59.1 Å². The van der Waals surface area contributed by atoms with Crippen molar-refractivity contribution in [3.63, 3.8) is 0 Å². The summed E-state index contributed by atoms with van der Waals surface area (Å²) in [5, 5.41) is 6.47. The van der Waals surface area contributed by atoms with E-state index < -0.39 is 11.7 Å². The van der Waals surface area contributed by atoms with Gasteiger partial charge < -0.3 is 9.26 Å². The van der Waals surface area contributed by atoms with Crippen molar-refractivity contribution in [1.82, 2.24) is 5.16 Å². The van der Waals surface area contributed by atoms with E-state index in [1.807, 2.05) is 24.3 Å². The molecule has 25 heavy (non-hydrogen) atoms. The fraction of sp³-hybridized carbons (Fsp3) is 0.158. The largest absolute Gasteiger partial charge is 0.481 e. The average molecular weight is 340 g/mol. The molecule has 6 heteroatoms. The Morgan fingerprint density at radius 3 is 2.68 bits per heavy atom. The molecule has 0 spiro atoms. The molecule has 3 rings (SSSR count). The second-order valence-electron chi connectivity index (χ2n) is 5.39. The quantitative estimate of drug-likeness (QED) is 0.735. The topological polar surface area (TPSA) is 64.4 Å².